The van der Waals surface area contributed by atoms with Crippen LogP contribution in [0.25, 0.3) is 5.73 Å². The normalized spacial score (nSPS) is 8.42. The zero-order valence-electron chi connectivity index (χ0n) is 6.79. The SMILES string of the molecule is Cc1ccc(NC([NH-])=O)cc1.[Y]. The van der Waals surface area contributed by atoms with Gasteiger partial charge in [0.2, 0.25) is 0 Å². The van der Waals surface area contributed by atoms with E-state index in [0.29, 0.717) is 5.69 Å². The smallest absolute Gasteiger partial charge is 0.153 e. The molecule has 2 N–H and O–H groups in total. The third-order valence-electron chi connectivity index (χ3n) is 1.31. The Balaban J connectivity index is 0.00000121. The minimum atomic E-state index is -0.783. The van der Waals surface area contributed by atoms with E-state index < -0.39 is 6.03 Å². The quantitative estimate of drug-likeness (QED) is 0.803. The van der Waals surface area contributed by atoms with Crippen molar-refractivity contribution in [2.75, 3.05) is 5.32 Å². The number of carbonyl (C=O) groups excluding carboxylic acids is 1. The Morgan fingerprint density at radius 3 is 2.25 bits per heavy atom. The Labute approximate surface area is 96.6 Å². The molecule has 4 heteroatoms. The molecule has 0 saturated heterocycles. The van der Waals surface area contributed by atoms with E-state index in [2.05, 4.69) is 5.32 Å². The van der Waals surface area contributed by atoms with Crippen LogP contribution in [-0.2, 0) is 32.7 Å². The number of urea groups is 1. The second-order valence-electron chi connectivity index (χ2n) is 2.32. The summed E-state index contributed by atoms with van der Waals surface area (Å²) in [4.78, 5) is 10.3. The van der Waals surface area contributed by atoms with Crippen molar-refractivity contribution < 1.29 is 37.5 Å². The van der Waals surface area contributed by atoms with Gasteiger partial charge in [0.15, 0.2) is 6.03 Å². The standard InChI is InChI=1S/C8H10N2O.Y/c1-6-2-4-7(5-3-6)10-8(9)11;/h2-5H,1H3,(H3,9,10,11);/p-1. The molecule has 0 heterocycles. The number of anilines is 1. The van der Waals surface area contributed by atoms with Crippen LogP contribution in [0.5, 0.6) is 0 Å². The molecule has 0 aromatic heterocycles. The first kappa shape index (κ1) is 11.6. The first-order valence-electron chi connectivity index (χ1n) is 3.28. The summed E-state index contributed by atoms with van der Waals surface area (Å²) in [7, 11) is 0. The predicted molar refractivity (Wildman–Crippen MR) is 44.5 cm³/mol. The minimum Gasteiger partial charge on any atom is -0.447 e. The predicted octanol–water partition coefficient (Wildman–Crippen LogP) is 2.58. The molecule has 1 aromatic carbocycles. The van der Waals surface area contributed by atoms with Crippen LogP contribution in [0.4, 0.5) is 10.5 Å². The molecule has 0 aliphatic carbocycles. The Morgan fingerprint density at radius 2 is 1.83 bits per heavy atom. The molecule has 3 nitrogen and oxygen atoms in total. The Morgan fingerprint density at radius 1 is 1.33 bits per heavy atom. The van der Waals surface area contributed by atoms with Crippen molar-refractivity contribution >= 4 is 11.7 Å². The summed E-state index contributed by atoms with van der Waals surface area (Å²) in [5, 5.41) is 2.36. The van der Waals surface area contributed by atoms with Crippen molar-refractivity contribution in [3.63, 3.8) is 0 Å². The van der Waals surface area contributed by atoms with E-state index in [-0.39, 0.29) is 32.7 Å². The Hall–Kier alpha value is -0.406. The first-order valence-corrected chi connectivity index (χ1v) is 3.28. The van der Waals surface area contributed by atoms with Crippen LogP contribution >= 0.6 is 0 Å². The third-order valence-corrected chi connectivity index (χ3v) is 1.31. The van der Waals surface area contributed by atoms with Crippen molar-refractivity contribution in [1.82, 2.24) is 0 Å². The topological polar surface area (TPSA) is 52.9 Å². The van der Waals surface area contributed by atoms with Gasteiger partial charge >= 0.3 is 0 Å². The van der Waals surface area contributed by atoms with Crippen LogP contribution in [0.1, 0.15) is 5.56 Å². The van der Waals surface area contributed by atoms with Crippen LogP contribution in [0.2, 0.25) is 0 Å². The molecule has 0 fully saturated rings. The van der Waals surface area contributed by atoms with Crippen molar-refractivity contribution in [3.8, 4) is 0 Å². The number of hydrogen-bond donors (Lipinski definition) is 1. The van der Waals surface area contributed by atoms with Gasteiger partial charge in [0.1, 0.15) is 0 Å². The van der Waals surface area contributed by atoms with Crippen molar-refractivity contribution in [1.29, 1.82) is 0 Å². The molecule has 0 unspecified atom stereocenters. The van der Waals surface area contributed by atoms with Crippen molar-refractivity contribution in [3.05, 3.63) is 35.6 Å². The number of rotatable bonds is 1. The fraction of sp³-hybridized carbons (Fsp3) is 0.125. The van der Waals surface area contributed by atoms with E-state index in [9.17, 15) is 4.79 Å². The van der Waals surface area contributed by atoms with Gasteiger partial charge in [0, 0.05) is 32.7 Å². The van der Waals surface area contributed by atoms with E-state index in [4.69, 9.17) is 5.73 Å². The fourth-order valence-electron chi connectivity index (χ4n) is 0.768. The molecule has 1 aromatic rings. The van der Waals surface area contributed by atoms with E-state index in [0.717, 1.165) is 5.56 Å². The summed E-state index contributed by atoms with van der Waals surface area (Å²) >= 11 is 0. The molecule has 1 rings (SSSR count). The zero-order valence-corrected chi connectivity index (χ0v) is 9.63. The summed E-state index contributed by atoms with van der Waals surface area (Å²) in [5.74, 6) is 0. The molecule has 1 radical (unpaired) electrons. The second kappa shape index (κ2) is 5.28. The van der Waals surface area contributed by atoms with Gasteiger partial charge in [0.05, 0.1) is 0 Å². The van der Waals surface area contributed by atoms with E-state index in [1.165, 1.54) is 0 Å². The maximum atomic E-state index is 10.3. The van der Waals surface area contributed by atoms with Gasteiger partial charge in [0.25, 0.3) is 0 Å². The minimum absolute atomic E-state index is 0. The Kier molecular flexibility index (Phi) is 5.10. The van der Waals surface area contributed by atoms with Gasteiger partial charge in [-0.1, -0.05) is 29.8 Å². The summed E-state index contributed by atoms with van der Waals surface area (Å²) in [6, 6.07) is 6.51. The number of amides is 2. The third kappa shape index (κ3) is 3.83. The van der Waals surface area contributed by atoms with Crippen LogP contribution < -0.4 is 5.32 Å². The number of carbonyl (C=O) groups is 1. The number of benzene rings is 1. The van der Waals surface area contributed by atoms with Crippen molar-refractivity contribution in [2.24, 2.45) is 0 Å². The van der Waals surface area contributed by atoms with Crippen LogP contribution in [0.15, 0.2) is 24.3 Å². The summed E-state index contributed by atoms with van der Waals surface area (Å²) in [5.41, 5.74) is 8.41. The van der Waals surface area contributed by atoms with E-state index in [1.807, 2.05) is 19.1 Å². The average molecular weight is 238 g/mol. The molecule has 12 heavy (non-hydrogen) atoms. The van der Waals surface area contributed by atoms with Crippen LogP contribution in [-0.4, -0.2) is 6.03 Å². The number of nitrogens with one attached hydrogen (secondary N) is 2. The maximum absolute atomic E-state index is 10.3. The van der Waals surface area contributed by atoms with Crippen LogP contribution in [0.3, 0.4) is 0 Å². The van der Waals surface area contributed by atoms with E-state index in [1.54, 1.807) is 12.1 Å². The monoisotopic (exact) mass is 238 g/mol. The van der Waals surface area contributed by atoms with Gasteiger partial charge in [-0.05, 0) is 12.6 Å². The first-order chi connectivity index (χ1) is 5.18. The van der Waals surface area contributed by atoms with Gasteiger partial charge in [-0.15, -0.1) is 0 Å². The molecule has 0 bridgehead atoms. The molecule has 0 atom stereocenters. The molecule has 2 amide bonds. The maximum Gasteiger partial charge on any atom is 0.153 e. The van der Waals surface area contributed by atoms with E-state index >= 15 is 0 Å². The molecule has 0 aliphatic heterocycles. The van der Waals surface area contributed by atoms with Gasteiger partial charge < -0.3 is 11.1 Å². The molecule has 0 aliphatic rings. The molecule has 61 valence electrons. The van der Waals surface area contributed by atoms with Gasteiger partial charge in [-0.3, -0.25) is 4.79 Å². The fourth-order valence-corrected chi connectivity index (χ4v) is 0.768. The van der Waals surface area contributed by atoms with Crippen LogP contribution in [0, 0.1) is 6.92 Å². The summed E-state index contributed by atoms with van der Waals surface area (Å²) < 4.78 is 0. The molecular weight excluding hydrogens is 229 g/mol. The number of aryl methyl sites for hydroxylation is 1. The summed E-state index contributed by atoms with van der Waals surface area (Å²) in [6.07, 6.45) is 0. The van der Waals surface area contributed by atoms with Gasteiger partial charge in [-0.2, -0.15) is 0 Å². The van der Waals surface area contributed by atoms with Crippen molar-refractivity contribution in [2.45, 2.75) is 6.92 Å². The zero-order chi connectivity index (χ0) is 8.27. The molecule has 0 spiro atoms. The average Bonchev–Trinajstić information content (AvgIpc) is 1.93. The second-order valence-corrected chi connectivity index (χ2v) is 2.32. The Bertz CT molecular complexity index is 258. The van der Waals surface area contributed by atoms with Gasteiger partial charge in [-0.25, -0.2) is 0 Å². The largest absolute Gasteiger partial charge is 0.447 e. The molecular formula is C8H9N2OY-. The summed E-state index contributed by atoms with van der Waals surface area (Å²) in [6.45, 7) is 1.96. The number of hydrogen-bond acceptors (Lipinski definition) is 1. The molecule has 0 saturated carbocycles.